The predicted octanol–water partition coefficient (Wildman–Crippen LogP) is 3.37. The quantitative estimate of drug-likeness (QED) is 0.523. The van der Waals surface area contributed by atoms with E-state index in [1.165, 1.54) is 12.0 Å². The smallest absolute Gasteiger partial charge is 0.194 e. The van der Waals surface area contributed by atoms with Gasteiger partial charge in [-0.2, -0.15) is 0 Å². The summed E-state index contributed by atoms with van der Waals surface area (Å²) in [5.41, 5.74) is 2.55. The molecule has 3 rings (SSSR count). The van der Waals surface area contributed by atoms with Crippen molar-refractivity contribution in [3.8, 4) is 0 Å². The monoisotopic (exact) mass is 421 g/mol. The summed E-state index contributed by atoms with van der Waals surface area (Å²) < 4.78 is 5.36. The largest absolute Gasteiger partial charge is 0.375 e. The van der Waals surface area contributed by atoms with Gasteiger partial charge in [0.05, 0.1) is 18.8 Å². The highest BCUT2D eigenvalue weighted by Gasteiger charge is 2.17. The average Bonchev–Trinajstić information content (AvgIpc) is 3.35. The van der Waals surface area contributed by atoms with Gasteiger partial charge in [0.15, 0.2) is 5.96 Å². The lowest BCUT2D eigenvalue weighted by Crippen LogP contribution is -2.39. The van der Waals surface area contributed by atoms with Crippen LogP contribution in [0.25, 0.3) is 0 Å². The molecule has 0 aliphatic carbocycles. The van der Waals surface area contributed by atoms with E-state index in [-0.39, 0.29) is 6.10 Å². The summed E-state index contributed by atoms with van der Waals surface area (Å²) in [5, 5.41) is 8.74. The maximum absolute atomic E-state index is 5.36. The first-order valence-corrected chi connectivity index (χ1v) is 11.6. The Bertz CT molecular complexity index is 772. The Morgan fingerprint density at radius 1 is 1.46 bits per heavy atom. The number of methoxy groups -OCH3 is 1. The second-order valence-electron chi connectivity index (χ2n) is 7.04. The summed E-state index contributed by atoms with van der Waals surface area (Å²) in [6.07, 6.45) is 1.21. The lowest BCUT2D eigenvalue weighted by Gasteiger charge is -2.26. The van der Waals surface area contributed by atoms with E-state index >= 15 is 0 Å². The molecule has 8 heteroatoms. The second-order valence-corrected chi connectivity index (χ2v) is 8.93. The molecule has 6 nitrogen and oxygen atoms in total. The van der Waals surface area contributed by atoms with Crippen LogP contribution in [0.4, 0.5) is 0 Å². The molecule has 1 atom stereocenters. The van der Waals surface area contributed by atoms with Crippen LogP contribution in [0.3, 0.4) is 0 Å². The molecule has 1 aliphatic heterocycles. The summed E-state index contributed by atoms with van der Waals surface area (Å²) in [4.78, 5) is 15.7. The minimum Gasteiger partial charge on any atom is -0.375 e. The van der Waals surface area contributed by atoms with Crippen molar-refractivity contribution in [2.75, 3.05) is 40.3 Å². The van der Waals surface area contributed by atoms with Crippen LogP contribution in [0.5, 0.6) is 0 Å². The molecule has 2 aromatic heterocycles. The van der Waals surface area contributed by atoms with Crippen LogP contribution in [0.2, 0.25) is 0 Å². The molecule has 0 bridgehead atoms. The SMILES string of the molecule is CCNC(=NCCN1CCc2sccc2C1)N(C)Cc1csc(C(C)OC)n1. The highest BCUT2D eigenvalue weighted by Crippen LogP contribution is 2.23. The fraction of sp³-hybridized carbons (Fsp3) is 0.600. The van der Waals surface area contributed by atoms with E-state index in [0.717, 1.165) is 55.9 Å². The zero-order valence-electron chi connectivity index (χ0n) is 17.3. The van der Waals surface area contributed by atoms with Gasteiger partial charge in [0, 0.05) is 50.6 Å². The van der Waals surface area contributed by atoms with E-state index in [1.807, 2.05) is 18.3 Å². The molecular weight excluding hydrogens is 390 g/mol. The Morgan fingerprint density at radius 2 is 2.32 bits per heavy atom. The molecule has 3 heterocycles. The van der Waals surface area contributed by atoms with Crippen LogP contribution in [0.1, 0.15) is 41.1 Å². The normalized spacial score (nSPS) is 16.1. The first kappa shape index (κ1) is 21.2. The highest BCUT2D eigenvalue weighted by atomic mass is 32.1. The summed E-state index contributed by atoms with van der Waals surface area (Å²) >= 11 is 3.54. The van der Waals surface area contributed by atoms with Crippen molar-refractivity contribution in [3.63, 3.8) is 0 Å². The number of ether oxygens (including phenoxy) is 1. The molecule has 0 amide bonds. The van der Waals surface area contributed by atoms with E-state index in [1.54, 1.807) is 23.3 Å². The van der Waals surface area contributed by atoms with Gasteiger partial charge >= 0.3 is 0 Å². The summed E-state index contributed by atoms with van der Waals surface area (Å²) in [6.45, 7) is 9.70. The Morgan fingerprint density at radius 3 is 3.11 bits per heavy atom. The first-order chi connectivity index (χ1) is 13.6. The zero-order valence-corrected chi connectivity index (χ0v) is 18.9. The van der Waals surface area contributed by atoms with E-state index in [4.69, 9.17) is 14.7 Å². The predicted molar refractivity (Wildman–Crippen MR) is 118 cm³/mol. The van der Waals surface area contributed by atoms with Gasteiger partial charge in [-0.25, -0.2) is 4.98 Å². The van der Waals surface area contributed by atoms with Crippen LogP contribution in [0, 0.1) is 0 Å². The molecule has 0 radical (unpaired) electrons. The molecular formula is C20H31N5OS2. The number of thiazole rings is 1. The molecule has 154 valence electrons. The average molecular weight is 422 g/mol. The highest BCUT2D eigenvalue weighted by molar-refractivity contribution is 7.10. The number of aromatic nitrogens is 1. The van der Waals surface area contributed by atoms with Gasteiger partial charge in [-0.15, -0.1) is 22.7 Å². The molecule has 28 heavy (non-hydrogen) atoms. The van der Waals surface area contributed by atoms with E-state index in [2.05, 4.69) is 45.9 Å². The van der Waals surface area contributed by atoms with Gasteiger partial charge < -0.3 is 15.0 Å². The summed E-state index contributed by atoms with van der Waals surface area (Å²) in [6, 6.07) is 2.26. The third-order valence-corrected chi connectivity index (χ3v) is 7.01. The number of nitrogens with zero attached hydrogens (tertiary/aromatic N) is 4. The van der Waals surface area contributed by atoms with Gasteiger partial charge in [0.2, 0.25) is 0 Å². The molecule has 0 aromatic carbocycles. The Labute approximate surface area is 176 Å². The van der Waals surface area contributed by atoms with Crippen LogP contribution in [0.15, 0.2) is 21.8 Å². The lowest BCUT2D eigenvalue weighted by atomic mass is 10.1. The number of hydrogen-bond donors (Lipinski definition) is 1. The number of nitrogens with one attached hydrogen (secondary N) is 1. The van der Waals surface area contributed by atoms with Crippen molar-refractivity contribution in [1.29, 1.82) is 0 Å². The maximum atomic E-state index is 5.36. The van der Waals surface area contributed by atoms with Crippen LogP contribution < -0.4 is 5.32 Å². The number of fused-ring (bicyclic) bond motifs is 1. The molecule has 1 unspecified atom stereocenters. The van der Waals surface area contributed by atoms with Crippen molar-refractivity contribution >= 4 is 28.6 Å². The third kappa shape index (κ3) is 5.53. The summed E-state index contributed by atoms with van der Waals surface area (Å²) in [5.74, 6) is 0.935. The molecule has 2 aromatic rings. The van der Waals surface area contributed by atoms with Gasteiger partial charge in [-0.1, -0.05) is 0 Å². The van der Waals surface area contributed by atoms with Crippen molar-refractivity contribution in [3.05, 3.63) is 38.0 Å². The molecule has 0 fully saturated rings. The molecule has 1 aliphatic rings. The molecule has 0 saturated heterocycles. The van der Waals surface area contributed by atoms with E-state index in [9.17, 15) is 0 Å². The minimum atomic E-state index is 0.0410. The topological polar surface area (TPSA) is 53.0 Å². The molecule has 0 saturated carbocycles. The number of guanidine groups is 1. The Balaban J connectivity index is 1.53. The van der Waals surface area contributed by atoms with Gasteiger partial charge in [0.25, 0.3) is 0 Å². The lowest BCUT2D eigenvalue weighted by molar-refractivity contribution is 0.119. The van der Waals surface area contributed by atoms with Crippen molar-refractivity contribution in [2.24, 2.45) is 4.99 Å². The molecule has 0 spiro atoms. The van der Waals surface area contributed by atoms with Gasteiger partial charge in [-0.3, -0.25) is 9.89 Å². The van der Waals surface area contributed by atoms with Crippen molar-refractivity contribution in [1.82, 2.24) is 20.1 Å². The fourth-order valence-electron chi connectivity index (χ4n) is 3.27. The second kappa shape index (κ2) is 10.3. The number of rotatable bonds is 8. The zero-order chi connectivity index (χ0) is 19.9. The van der Waals surface area contributed by atoms with Crippen molar-refractivity contribution < 1.29 is 4.74 Å². The van der Waals surface area contributed by atoms with E-state index in [0.29, 0.717) is 0 Å². The maximum Gasteiger partial charge on any atom is 0.194 e. The van der Waals surface area contributed by atoms with Crippen LogP contribution in [-0.2, 0) is 24.2 Å². The molecule has 1 N–H and O–H groups in total. The van der Waals surface area contributed by atoms with E-state index < -0.39 is 0 Å². The summed E-state index contributed by atoms with van der Waals surface area (Å²) in [7, 11) is 3.79. The fourth-order valence-corrected chi connectivity index (χ4v) is 5.00. The van der Waals surface area contributed by atoms with Gasteiger partial charge in [0.1, 0.15) is 11.1 Å². The number of aliphatic imine (C=N–C) groups is 1. The third-order valence-electron chi connectivity index (χ3n) is 4.93. The first-order valence-electron chi connectivity index (χ1n) is 9.84. The van der Waals surface area contributed by atoms with Crippen LogP contribution in [-0.4, -0.2) is 61.1 Å². The standard InChI is InChI=1S/C20H31N5OS2/c1-5-21-20(24(3)13-17-14-28-19(23-17)15(2)26-4)22-8-10-25-9-6-18-16(12-25)7-11-27-18/h7,11,14-15H,5-6,8-10,12-13H2,1-4H3,(H,21,22). The minimum absolute atomic E-state index is 0.0410. The van der Waals surface area contributed by atoms with Crippen LogP contribution >= 0.6 is 22.7 Å². The number of hydrogen-bond acceptors (Lipinski definition) is 6. The van der Waals surface area contributed by atoms with Gasteiger partial charge in [-0.05, 0) is 37.3 Å². The Kier molecular flexibility index (Phi) is 7.84. The van der Waals surface area contributed by atoms with Crippen molar-refractivity contribution in [2.45, 2.75) is 39.5 Å². The number of thiophene rings is 1. The Hall–Kier alpha value is -1.48.